The molecule has 0 unspecified atom stereocenters. The van der Waals surface area contributed by atoms with E-state index in [4.69, 9.17) is 19.5 Å². The van der Waals surface area contributed by atoms with Gasteiger partial charge in [-0.15, -0.1) is 0 Å². The number of hydrogen-bond donors (Lipinski definition) is 1. The van der Waals surface area contributed by atoms with Crippen LogP contribution in [0.25, 0.3) is 0 Å². The Kier molecular flexibility index (Phi) is 56.9. The molecule has 0 aliphatic carbocycles. The Morgan fingerprint density at radius 3 is 1.44 bits per heavy atom. The molecule has 0 radical (unpaired) electrons. The van der Waals surface area contributed by atoms with Crippen LogP contribution in [0.15, 0.2) is 0 Å². The van der Waals surface area contributed by atoms with Crippen LogP contribution in [0.2, 0.25) is 0 Å². The molecule has 0 aromatic rings. The molecule has 0 fully saturated rings. The van der Waals surface area contributed by atoms with E-state index >= 15 is 0 Å². The van der Waals surface area contributed by atoms with Crippen molar-refractivity contribution < 1.29 is 122 Å². The molecule has 0 aromatic carbocycles. The summed E-state index contributed by atoms with van der Waals surface area (Å²) < 4.78 is 8.48. The van der Waals surface area contributed by atoms with Crippen LogP contribution in [0.3, 0.4) is 0 Å². The monoisotopic (exact) mass is 203 g/mol. The summed E-state index contributed by atoms with van der Waals surface area (Å²) in [5, 5.41) is 7.57. The van der Waals surface area contributed by atoms with Gasteiger partial charge in [-0.3, -0.25) is 0 Å². The zero-order valence-corrected chi connectivity index (χ0v) is 13.0. The minimum absolute atomic E-state index is 0. The van der Waals surface area contributed by atoms with Crippen LogP contribution in [0.1, 0.15) is 6.92 Å². The van der Waals surface area contributed by atoms with Gasteiger partial charge in [-0.05, 0) is 6.92 Å². The van der Waals surface area contributed by atoms with E-state index in [0.717, 1.165) is 0 Å². The van der Waals surface area contributed by atoms with Crippen molar-refractivity contribution in [1.29, 1.82) is 0 Å². The zero-order valence-electron chi connectivity index (χ0n) is 5.83. The van der Waals surface area contributed by atoms with Gasteiger partial charge in [-0.1, -0.05) is 4.57 Å². The Hall–Kier alpha value is 3.25. The van der Waals surface area contributed by atoms with E-state index < -0.39 is 8.25 Å². The van der Waals surface area contributed by atoms with Gasteiger partial charge in [0.1, 0.15) is 0 Å². The summed E-state index contributed by atoms with van der Waals surface area (Å²) in [5.74, 6) is 0. The van der Waals surface area contributed by atoms with E-state index in [1.165, 1.54) is 0 Å². The van der Waals surface area contributed by atoms with E-state index in [0.29, 0.717) is 0 Å². The quantitative estimate of drug-likeness (QED) is 0.313. The second kappa shape index (κ2) is 22.5. The molecular formula is C2H6K2O4P+. The number of rotatable bonds is 0. The molecule has 44 valence electrons. The molecule has 0 saturated heterocycles. The molecule has 0 spiro atoms. The van der Waals surface area contributed by atoms with Gasteiger partial charge in [0.05, 0.1) is 0 Å². The molecule has 0 atom stereocenters. The molecule has 0 heterocycles. The fourth-order valence-electron chi connectivity index (χ4n) is 0. The van der Waals surface area contributed by atoms with E-state index in [1.807, 2.05) is 0 Å². The Labute approximate surface area is 140 Å². The molecule has 0 aromatic heterocycles. The average Bonchev–Trinajstić information content (AvgIpc) is 1.33. The average molecular weight is 203 g/mol. The molecule has 0 aliphatic heterocycles. The summed E-state index contributed by atoms with van der Waals surface area (Å²) in [6.07, 6.45) is 0. The van der Waals surface area contributed by atoms with Crippen LogP contribution >= 0.6 is 8.25 Å². The number of hydrogen-bond acceptors (Lipinski definition) is 4. The van der Waals surface area contributed by atoms with Gasteiger partial charge in [-0.2, -0.15) is 0 Å². The van der Waals surface area contributed by atoms with Gasteiger partial charge in [0.25, 0.3) is 8.25 Å². The topological polar surface area (TPSA) is 83.4 Å². The molecule has 9 heavy (non-hydrogen) atoms. The zero-order chi connectivity index (χ0) is 6.28. The first-order chi connectivity index (χ1) is 3.15. The summed E-state index contributed by atoms with van der Waals surface area (Å²) in [6, 6.07) is 0. The molecule has 0 rings (SSSR count). The minimum atomic E-state index is -3.37. The fraction of sp³-hybridized carbons (Fsp3) is 1.00. The Morgan fingerprint density at radius 1 is 1.44 bits per heavy atom. The third-order valence-electron chi connectivity index (χ3n) is 0. The summed E-state index contributed by atoms with van der Waals surface area (Å²) >= 11 is 0. The maximum atomic E-state index is 8.48. The normalized spacial score (nSPS) is 4.89. The van der Waals surface area contributed by atoms with Crippen LogP contribution in [-0.4, -0.2) is 11.7 Å². The van der Waals surface area contributed by atoms with Crippen LogP contribution in [0.4, 0.5) is 0 Å². The SMILES string of the molecule is CCO.O=[P+]([O-])[O-].[K+].[K+]. The fourth-order valence-corrected chi connectivity index (χ4v) is 0. The van der Waals surface area contributed by atoms with Gasteiger partial charge >= 0.3 is 103 Å². The van der Waals surface area contributed by atoms with Gasteiger partial charge in [0, 0.05) is 6.61 Å². The summed E-state index contributed by atoms with van der Waals surface area (Å²) in [6.45, 7) is 1.93. The third kappa shape index (κ3) is 91.1. The molecule has 7 heteroatoms. The van der Waals surface area contributed by atoms with Gasteiger partial charge < -0.3 is 14.9 Å². The molecule has 0 bridgehead atoms. The molecule has 0 saturated carbocycles. The molecule has 4 nitrogen and oxygen atoms in total. The van der Waals surface area contributed by atoms with Gasteiger partial charge in [-0.25, -0.2) is 0 Å². The minimum Gasteiger partial charge on any atom is -0.598 e. The molecular weight excluding hydrogens is 197 g/mol. The van der Waals surface area contributed by atoms with Crippen molar-refractivity contribution in [2.45, 2.75) is 6.92 Å². The Balaban J connectivity index is -0.0000000233. The predicted octanol–water partition coefficient (Wildman–Crippen LogP) is -7.63. The molecule has 0 amide bonds. The van der Waals surface area contributed by atoms with Crippen molar-refractivity contribution in [2.75, 3.05) is 6.61 Å². The summed E-state index contributed by atoms with van der Waals surface area (Å²) in [5.41, 5.74) is 0. The van der Waals surface area contributed by atoms with E-state index in [1.54, 1.807) is 6.92 Å². The van der Waals surface area contributed by atoms with Crippen molar-refractivity contribution in [3.63, 3.8) is 0 Å². The van der Waals surface area contributed by atoms with Crippen molar-refractivity contribution >= 4 is 8.25 Å². The van der Waals surface area contributed by atoms with Crippen LogP contribution < -0.4 is 113 Å². The van der Waals surface area contributed by atoms with Gasteiger partial charge in [0.2, 0.25) is 0 Å². The standard InChI is InChI=1S/C2H6O.2K.HO3P/c1-2-3;;;1-4(2)3/h3H,2H2,1H3;;;(H,1,2,3)/q;2*+1;/p-1. The van der Waals surface area contributed by atoms with Crippen molar-refractivity contribution in [1.82, 2.24) is 0 Å². The second-order valence-corrected chi connectivity index (χ2v) is 0.987. The second-order valence-electron chi connectivity index (χ2n) is 0.540. The van der Waals surface area contributed by atoms with E-state index in [-0.39, 0.29) is 109 Å². The first-order valence-corrected chi connectivity index (χ1v) is 2.67. The first-order valence-electron chi connectivity index (χ1n) is 1.57. The Morgan fingerprint density at radius 2 is 1.44 bits per heavy atom. The molecule has 1 N–H and O–H groups in total. The van der Waals surface area contributed by atoms with Crippen LogP contribution in [0, 0.1) is 0 Å². The molecule has 0 aliphatic rings. The third-order valence-corrected chi connectivity index (χ3v) is 0. The van der Waals surface area contributed by atoms with Gasteiger partial charge in [0.15, 0.2) is 0 Å². The largest absolute Gasteiger partial charge is 1.00 e. The van der Waals surface area contributed by atoms with Crippen LogP contribution in [0.5, 0.6) is 0 Å². The van der Waals surface area contributed by atoms with Crippen LogP contribution in [-0.2, 0) is 4.57 Å². The number of aliphatic hydroxyl groups is 1. The van der Waals surface area contributed by atoms with Crippen molar-refractivity contribution in [3.05, 3.63) is 0 Å². The maximum absolute atomic E-state index is 8.48. The Bertz CT molecular complexity index is 47.8. The first kappa shape index (κ1) is 22.8. The van der Waals surface area contributed by atoms with E-state index in [9.17, 15) is 0 Å². The van der Waals surface area contributed by atoms with Crippen molar-refractivity contribution in [2.24, 2.45) is 0 Å². The maximum Gasteiger partial charge on any atom is 1.00 e. The summed E-state index contributed by atoms with van der Waals surface area (Å²) in [4.78, 5) is 17.0. The summed E-state index contributed by atoms with van der Waals surface area (Å²) in [7, 11) is -3.37. The smallest absolute Gasteiger partial charge is 0.598 e. The van der Waals surface area contributed by atoms with E-state index in [2.05, 4.69) is 0 Å². The predicted molar refractivity (Wildman–Crippen MR) is 20.4 cm³/mol. The van der Waals surface area contributed by atoms with Crippen molar-refractivity contribution in [3.8, 4) is 0 Å². The number of aliphatic hydroxyl groups excluding tert-OH is 1.